The molecule has 4 heteroatoms. The van der Waals surface area contributed by atoms with Crippen LogP contribution in [0.5, 0.6) is 0 Å². The average molecular weight is 266 g/mol. The molecular formula is C15H26N2O2. The zero-order valence-corrected chi connectivity index (χ0v) is 12.4. The predicted molar refractivity (Wildman–Crippen MR) is 76.1 cm³/mol. The van der Waals surface area contributed by atoms with Gasteiger partial charge in [-0.25, -0.2) is 0 Å². The van der Waals surface area contributed by atoms with Crippen LogP contribution in [0.25, 0.3) is 0 Å². The molecule has 0 atom stereocenters. The van der Waals surface area contributed by atoms with Crippen LogP contribution in [0.2, 0.25) is 0 Å². The van der Waals surface area contributed by atoms with Gasteiger partial charge in [-0.15, -0.1) is 0 Å². The Morgan fingerprint density at radius 2 is 2.16 bits per heavy atom. The summed E-state index contributed by atoms with van der Waals surface area (Å²) in [6.45, 7) is 8.83. The normalized spacial score (nSPS) is 18.1. The monoisotopic (exact) mass is 266 g/mol. The van der Waals surface area contributed by atoms with Crippen LogP contribution in [0.15, 0.2) is 10.5 Å². The molecule has 1 fully saturated rings. The summed E-state index contributed by atoms with van der Waals surface area (Å²) in [6, 6.07) is 2.12. The molecule has 0 aromatic carbocycles. The van der Waals surface area contributed by atoms with E-state index < -0.39 is 0 Å². The second-order valence-corrected chi connectivity index (χ2v) is 5.39. The van der Waals surface area contributed by atoms with Crippen molar-refractivity contribution in [1.82, 2.24) is 10.2 Å². The third kappa shape index (κ3) is 4.34. The Hall–Kier alpha value is -0.840. The highest BCUT2D eigenvalue weighted by molar-refractivity contribution is 5.20. The van der Waals surface area contributed by atoms with Crippen molar-refractivity contribution in [2.45, 2.75) is 45.9 Å². The predicted octanol–water partition coefficient (Wildman–Crippen LogP) is 2.31. The lowest BCUT2D eigenvalue weighted by molar-refractivity contribution is 0.00171. The lowest BCUT2D eigenvalue weighted by Crippen LogP contribution is -2.34. The Labute approximate surface area is 116 Å². The Morgan fingerprint density at radius 1 is 1.42 bits per heavy atom. The molecule has 0 bridgehead atoms. The van der Waals surface area contributed by atoms with Crippen LogP contribution in [0.1, 0.15) is 36.8 Å². The maximum Gasteiger partial charge on any atom is 0.118 e. The summed E-state index contributed by atoms with van der Waals surface area (Å²) in [4.78, 5) is 2.36. The number of piperidine rings is 1. The van der Waals surface area contributed by atoms with Crippen LogP contribution < -0.4 is 5.32 Å². The van der Waals surface area contributed by atoms with E-state index in [0.717, 1.165) is 50.5 Å². The van der Waals surface area contributed by atoms with Crippen molar-refractivity contribution in [1.29, 1.82) is 0 Å². The molecule has 0 aliphatic carbocycles. The summed E-state index contributed by atoms with van der Waals surface area (Å²) in [7, 11) is 2.17. The van der Waals surface area contributed by atoms with Crippen LogP contribution in [0.3, 0.4) is 0 Å². The van der Waals surface area contributed by atoms with Crippen molar-refractivity contribution in [2.24, 2.45) is 0 Å². The van der Waals surface area contributed by atoms with E-state index in [-0.39, 0.29) is 0 Å². The average Bonchev–Trinajstić information content (AvgIpc) is 2.76. The molecule has 1 saturated heterocycles. The van der Waals surface area contributed by atoms with Crippen molar-refractivity contribution in [3.8, 4) is 0 Å². The Morgan fingerprint density at radius 3 is 2.84 bits per heavy atom. The van der Waals surface area contributed by atoms with Crippen LogP contribution in [-0.4, -0.2) is 37.7 Å². The van der Waals surface area contributed by atoms with Gasteiger partial charge in [-0.2, -0.15) is 0 Å². The number of ether oxygens (including phenoxy) is 1. The van der Waals surface area contributed by atoms with E-state index in [1.54, 1.807) is 0 Å². The van der Waals surface area contributed by atoms with Gasteiger partial charge >= 0.3 is 0 Å². The van der Waals surface area contributed by atoms with Crippen molar-refractivity contribution < 1.29 is 9.15 Å². The maximum atomic E-state index is 6.01. The van der Waals surface area contributed by atoms with E-state index in [4.69, 9.17) is 9.15 Å². The lowest BCUT2D eigenvalue weighted by Gasteiger charge is -2.28. The number of nitrogens with zero attached hydrogens (tertiary/aromatic N) is 1. The SMILES string of the molecule is CCNCc1cc(COC2CCN(C)CC2)c(C)o1. The summed E-state index contributed by atoms with van der Waals surface area (Å²) < 4.78 is 11.7. The van der Waals surface area contributed by atoms with Crippen molar-refractivity contribution >= 4 is 0 Å². The van der Waals surface area contributed by atoms with Gasteiger partial charge in [0.15, 0.2) is 0 Å². The first-order valence-corrected chi connectivity index (χ1v) is 7.28. The molecule has 2 heterocycles. The third-order valence-electron chi connectivity index (χ3n) is 3.76. The zero-order chi connectivity index (χ0) is 13.7. The smallest absolute Gasteiger partial charge is 0.118 e. The second kappa shape index (κ2) is 7.08. The quantitative estimate of drug-likeness (QED) is 0.857. The molecule has 0 saturated carbocycles. The molecule has 1 aromatic heterocycles. The minimum Gasteiger partial charge on any atom is -0.465 e. The zero-order valence-electron chi connectivity index (χ0n) is 12.4. The highest BCUT2D eigenvalue weighted by atomic mass is 16.5. The molecule has 1 aromatic rings. The fraction of sp³-hybridized carbons (Fsp3) is 0.733. The summed E-state index contributed by atoms with van der Waals surface area (Å²) >= 11 is 0. The number of furan rings is 1. The van der Waals surface area contributed by atoms with Crippen molar-refractivity contribution in [2.75, 3.05) is 26.7 Å². The minimum absolute atomic E-state index is 0.405. The fourth-order valence-electron chi connectivity index (χ4n) is 2.43. The first kappa shape index (κ1) is 14.6. The van der Waals surface area contributed by atoms with Gasteiger partial charge in [0.25, 0.3) is 0 Å². The molecule has 1 aliphatic heterocycles. The number of likely N-dealkylation sites (tertiary alicyclic amines) is 1. The van der Waals surface area contributed by atoms with Gasteiger partial charge in [0, 0.05) is 18.7 Å². The summed E-state index contributed by atoms with van der Waals surface area (Å²) in [5.41, 5.74) is 1.19. The van der Waals surface area contributed by atoms with Crippen LogP contribution in [-0.2, 0) is 17.9 Å². The maximum absolute atomic E-state index is 6.01. The van der Waals surface area contributed by atoms with Gasteiger partial charge in [0.1, 0.15) is 11.5 Å². The molecule has 1 N–H and O–H groups in total. The van der Waals surface area contributed by atoms with Crippen LogP contribution in [0, 0.1) is 6.92 Å². The highest BCUT2D eigenvalue weighted by Crippen LogP contribution is 2.19. The summed E-state index contributed by atoms with van der Waals surface area (Å²) in [6.07, 6.45) is 2.68. The Kier molecular flexibility index (Phi) is 5.43. The van der Waals surface area contributed by atoms with E-state index in [2.05, 4.69) is 30.3 Å². The van der Waals surface area contributed by atoms with Gasteiger partial charge in [-0.1, -0.05) is 6.92 Å². The topological polar surface area (TPSA) is 37.6 Å². The van der Waals surface area contributed by atoms with Crippen LogP contribution in [0.4, 0.5) is 0 Å². The van der Waals surface area contributed by atoms with Gasteiger partial charge in [0.2, 0.25) is 0 Å². The standard InChI is InChI=1S/C15H26N2O2/c1-4-16-10-15-9-13(12(2)19-15)11-18-14-5-7-17(3)8-6-14/h9,14,16H,4-8,10-11H2,1-3H3. The molecule has 1 aliphatic rings. The number of nitrogens with one attached hydrogen (secondary N) is 1. The fourth-order valence-corrected chi connectivity index (χ4v) is 2.43. The molecule has 0 amide bonds. The molecule has 108 valence electrons. The molecule has 0 unspecified atom stereocenters. The van der Waals surface area contributed by atoms with Gasteiger partial charge in [-0.3, -0.25) is 0 Å². The van der Waals surface area contributed by atoms with E-state index in [0.29, 0.717) is 12.7 Å². The second-order valence-electron chi connectivity index (χ2n) is 5.39. The molecule has 4 nitrogen and oxygen atoms in total. The Balaban J connectivity index is 1.80. The molecule has 0 radical (unpaired) electrons. The number of aryl methyl sites for hydroxylation is 1. The highest BCUT2D eigenvalue weighted by Gasteiger charge is 2.18. The number of hydrogen-bond donors (Lipinski definition) is 1. The molecular weight excluding hydrogens is 240 g/mol. The first-order valence-electron chi connectivity index (χ1n) is 7.28. The van der Waals surface area contributed by atoms with E-state index in [1.807, 2.05) is 6.92 Å². The summed E-state index contributed by atoms with van der Waals surface area (Å²) in [5, 5.41) is 3.28. The molecule has 19 heavy (non-hydrogen) atoms. The number of rotatable bonds is 6. The van der Waals surface area contributed by atoms with E-state index in [1.165, 1.54) is 5.56 Å². The number of hydrogen-bond acceptors (Lipinski definition) is 4. The van der Waals surface area contributed by atoms with Crippen LogP contribution >= 0.6 is 0 Å². The van der Waals surface area contributed by atoms with Crippen molar-refractivity contribution in [3.63, 3.8) is 0 Å². The third-order valence-corrected chi connectivity index (χ3v) is 3.76. The largest absolute Gasteiger partial charge is 0.465 e. The van der Waals surface area contributed by atoms with Gasteiger partial charge in [-0.05, 0) is 39.4 Å². The minimum atomic E-state index is 0.405. The Bertz CT molecular complexity index is 381. The van der Waals surface area contributed by atoms with E-state index in [9.17, 15) is 0 Å². The molecule has 2 rings (SSSR count). The lowest BCUT2D eigenvalue weighted by atomic mass is 10.1. The van der Waals surface area contributed by atoms with Crippen molar-refractivity contribution in [3.05, 3.63) is 23.2 Å². The summed E-state index contributed by atoms with van der Waals surface area (Å²) in [5.74, 6) is 1.99. The first-order chi connectivity index (χ1) is 9.19. The molecule has 0 spiro atoms. The van der Waals surface area contributed by atoms with Gasteiger partial charge < -0.3 is 19.4 Å². The van der Waals surface area contributed by atoms with Gasteiger partial charge in [0.05, 0.1) is 19.3 Å². The van der Waals surface area contributed by atoms with E-state index >= 15 is 0 Å².